The first-order chi connectivity index (χ1) is 10.1. The minimum Gasteiger partial charge on any atom is -0.324 e. The zero-order chi connectivity index (χ0) is 15.3. The fourth-order valence-corrected chi connectivity index (χ4v) is 3.15. The third-order valence-corrected chi connectivity index (χ3v) is 4.50. The lowest BCUT2D eigenvalue weighted by atomic mass is 9.74. The van der Waals surface area contributed by atoms with E-state index in [9.17, 15) is 18.8 Å². The molecule has 0 aromatic heterocycles. The number of hydrogen-bond donors (Lipinski definition) is 1. The molecular weight excluding hydrogens is 294 g/mol. The first kappa shape index (κ1) is 15.8. The Morgan fingerprint density at radius 1 is 1.29 bits per heavy atom. The second-order valence-corrected chi connectivity index (χ2v) is 6.12. The molecule has 0 heterocycles. The molecule has 2 rings (SSSR count). The van der Waals surface area contributed by atoms with Gasteiger partial charge in [-0.2, -0.15) is 14.0 Å². The molecular formula is C15H16F2N2OS. The minimum atomic E-state index is -2.55. The summed E-state index contributed by atoms with van der Waals surface area (Å²) in [5.41, 5.74) is -0.686. The van der Waals surface area contributed by atoms with Crippen molar-refractivity contribution < 1.29 is 13.6 Å². The second kappa shape index (κ2) is 6.90. The van der Waals surface area contributed by atoms with Crippen molar-refractivity contribution in [3.63, 3.8) is 0 Å². The lowest BCUT2D eigenvalue weighted by Crippen LogP contribution is -2.36. The van der Waals surface area contributed by atoms with Gasteiger partial charge in [-0.05, 0) is 25.0 Å². The number of carbonyl (C=O) groups excluding carboxylic acids is 1. The summed E-state index contributed by atoms with van der Waals surface area (Å²) in [5, 5.41) is 12.0. The van der Waals surface area contributed by atoms with E-state index >= 15 is 0 Å². The molecule has 0 radical (unpaired) electrons. The molecule has 1 aliphatic rings. The Balaban J connectivity index is 2.17. The molecule has 1 N–H and O–H groups in total. The minimum absolute atomic E-state index is 0.310. The van der Waals surface area contributed by atoms with Crippen LogP contribution in [0.5, 0.6) is 0 Å². The van der Waals surface area contributed by atoms with Crippen LogP contribution < -0.4 is 5.32 Å². The normalized spacial score (nSPS) is 17.2. The SMILES string of the molecule is N#CC1(C(=O)Nc2ccccc2SC(F)F)CCCCC1. The van der Waals surface area contributed by atoms with Gasteiger partial charge in [-0.1, -0.05) is 43.2 Å². The molecule has 1 saturated carbocycles. The number of anilines is 1. The summed E-state index contributed by atoms with van der Waals surface area (Å²) < 4.78 is 25.1. The molecule has 0 aliphatic heterocycles. The number of carbonyl (C=O) groups is 1. The third kappa shape index (κ3) is 3.73. The molecule has 1 aromatic rings. The van der Waals surface area contributed by atoms with Crippen molar-refractivity contribution in [3.8, 4) is 6.07 Å². The van der Waals surface area contributed by atoms with E-state index in [0.717, 1.165) is 19.3 Å². The quantitative estimate of drug-likeness (QED) is 0.838. The van der Waals surface area contributed by atoms with Crippen LogP contribution in [0.25, 0.3) is 0 Å². The lowest BCUT2D eigenvalue weighted by molar-refractivity contribution is -0.124. The predicted molar refractivity (Wildman–Crippen MR) is 78.1 cm³/mol. The van der Waals surface area contributed by atoms with Crippen LogP contribution in [0.15, 0.2) is 29.2 Å². The number of nitrogens with zero attached hydrogens (tertiary/aromatic N) is 1. The van der Waals surface area contributed by atoms with Gasteiger partial charge < -0.3 is 5.32 Å². The fraction of sp³-hybridized carbons (Fsp3) is 0.467. The number of alkyl halides is 2. The van der Waals surface area contributed by atoms with E-state index < -0.39 is 11.2 Å². The molecule has 1 amide bonds. The highest BCUT2D eigenvalue weighted by molar-refractivity contribution is 7.99. The molecule has 0 spiro atoms. The number of nitrogens with one attached hydrogen (secondary N) is 1. The molecule has 0 unspecified atom stereocenters. The summed E-state index contributed by atoms with van der Waals surface area (Å²) in [7, 11) is 0. The Labute approximate surface area is 126 Å². The Hall–Kier alpha value is -1.61. The number of halogens is 2. The monoisotopic (exact) mass is 310 g/mol. The van der Waals surface area contributed by atoms with Crippen molar-refractivity contribution in [1.82, 2.24) is 0 Å². The largest absolute Gasteiger partial charge is 0.324 e. The van der Waals surface area contributed by atoms with Gasteiger partial charge in [0.1, 0.15) is 5.41 Å². The molecule has 0 bridgehead atoms. The van der Waals surface area contributed by atoms with Crippen LogP contribution in [-0.4, -0.2) is 11.7 Å². The van der Waals surface area contributed by atoms with Gasteiger partial charge in [0.25, 0.3) is 5.76 Å². The van der Waals surface area contributed by atoms with Crippen molar-refractivity contribution >= 4 is 23.4 Å². The van der Waals surface area contributed by atoms with Crippen molar-refractivity contribution in [2.24, 2.45) is 5.41 Å². The van der Waals surface area contributed by atoms with E-state index in [4.69, 9.17) is 0 Å². The summed E-state index contributed by atoms with van der Waals surface area (Å²) in [6.07, 6.45) is 3.76. The average molecular weight is 310 g/mol. The van der Waals surface area contributed by atoms with Gasteiger partial charge >= 0.3 is 0 Å². The predicted octanol–water partition coefficient (Wildman–Crippen LogP) is 4.41. The topological polar surface area (TPSA) is 52.9 Å². The lowest BCUT2D eigenvalue weighted by Gasteiger charge is -2.29. The van der Waals surface area contributed by atoms with E-state index in [2.05, 4.69) is 11.4 Å². The van der Waals surface area contributed by atoms with Crippen LogP contribution in [0, 0.1) is 16.7 Å². The highest BCUT2D eigenvalue weighted by Gasteiger charge is 2.40. The smallest absolute Gasteiger partial charge is 0.288 e. The molecule has 21 heavy (non-hydrogen) atoms. The molecule has 1 aromatic carbocycles. The summed E-state index contributed by atoms with van der Waals surface area (Å²) in [6, 6.07) is 8.56. The van der Waals surface area contributed by atoms with E-state index in [1.807, 2.05) is 0 Å². The highest BCUT2D eigenvalue weighted by atomic mass is 32.2. The zero-order valence-corrected chi connectivity index (χ0v) is 12.3. The van der Waals surface area contributed by atoms with Gasteiger partial charge in [-0.3, -0.25) is 4.79 Å². The number of benzene rings is 1. The molecule has 1 fully saturated rings. The number of para-hydroxylation sites is 1. The Bertz CT molecular complexity index is 551. The van der Waals surface area contributed by atoms with Gasteiger partial charge in [0, 0.05) is 4.90 Å². The standard InChI is InChI=1S/C15H16F2N2OS/c16-14(17)21-12-7-3-2-6-11(12)19-13(20)15(10-18)8-4-1-5-9-15/h2-3,6-7,14H,1,4-5,8-9H2,(H,19,20). The summed E-state index contributed by atoms with van der Waals surface area (Å²) >= 11 is 0.389. The van der Waals surface area contributed by atoms with Gasteiger partial charge in [-0.25, -0.2) is 0 Å². The number of thioether (sulfide) groups is 1. The first-order valence-corrected chi connectivity index (χ1v) is 7.72. The third-order valence-electron chi connectivity index (χ3n) is 3.71. The molecule has 0 saturated heterocycles. The van der Waals surface area contributed by atoms with Crippen LogP contribution in [-0.2, 0) is 4.79 Å². The molecule has 112 valence electrons. The van der Waals surface area contributed by atoms with E-state index in [0.29, 0.717) is 35.2 Å². The summed E-state index contributed by atoms with van der Waals surface area (Å²) in [5.74, 6) is -2.94. The van der Waals surface area contributed by atoms with Crippen LogP contribution in [0.1, 0.15) is 32.1 Å². The van der Waals surface area contributed by atoms with E-state index in [-0.39, 0.29) is 5.91 Å². The van der Waals surface area contributed by atoms with Crippen LogP contribution in [0.2, 0.25) is 0 Å². The molecule has 3 nitrogen and oxygen atoms in total. The molecule has 6 heteroatoms. The fourth-order valence-electron chi connectivity index (χ4n) is 2.56. The van der Waals surface area contributed by atoms with Crippen LogP contribution in [0.3, 0.4) is 0 Å². The van der Waals surface area contributed by atoms with Crippen molar-refractivity contribution in [2.75, 3.05) is 5.32 Å². The number of amides is 1. The summed E-state index contributed by atoms with van der Waals surface area (Å²) in [6.45, 7) is 0. The van der Waals surface area contributed by atoms with Gasteiger partial charge in [0.15, 0.2) is 0 Å². The Morgan fingerprint density at radius 2 is 1.95 bits per heavy atom. The maximum absolute atomic E-state index is 12.5. The van der Waals surface area contributed by atoms with Gasteiger partial charge in [0.05, 0.1) is 11.8 Å². The second-order valence-electron chi connectivity index (χ2n) is 5.08. The Morgan fingerprint density at radius 3 is 2.57 bits per heavy atom. The Kier molecular flexibility index (Phi) is 5.18. The zero-order valence-electron chi connectivity index (χ0n) is 11.4. The number of rotatable bonds is 4. The maximum atomic E-state index is 12.5. The highest BCUT2D eigenvalue weighted by Crippen LogP contribution is 2.38. The van der Waals surface area contributed by atoms with Gasteiger partial charge in [0.2, 0.25) is 5.91 Å². The molecule has 1 aliphatic carbocycles. The van der Waals surface area contributed by atoms with Crippen molar-refractivity contribution in [1.29, 1.82) is 5.26 Å². The van der Waals surface area contributed by atoms with Crippen molar-refractivity contribution in [2.45, 2.75) is 42.8 Å². The van der Waals surface area contributed by atoms with Crippen LogP contribution in [0.4, 0.5) is 14.5 Å². The number of hydrogen-bond acceptors (Lipinski definition) is 3. The van der Waals surface area contributed by atoms with E-state index in [1.165, 1.54) is 6.07 Å². The first-order valence-electron chi connectivity index (χ1n) is 6.84. The maximum Gasteiger partial charge on any atom is 0.288 e. The summed E-state index contributed by atoms with van der Waals surface area (Å²) in [4.78, 5) is 12.7. The van der Waals surface area contributed by atoms with E-state index in [1.54, 1.807) is 18.2 Å². The van der Waals surface area contributed by atoms with Crippen LogP contribution >= 0.6 is 11.8 Å². The average Bonchev–Trinajstić information content (AvgIpc) is 2.49. The number of nitriles is 1. The van der Waals surface area contributed by atoms with Crippen molar-refractivity contribution in [3.05, 3.63) is 24.3 Å². The molecule has 0 atom stereocenters. The van der Waals surface area contributed by atoms with Gasteiger partial charge in [-0.15, -0.1) is 0 Å².